The lowest BCUT2D eigenvalue weighted by Gasteiger charge is -2.41. The molecule has 0 bridgehead atoms. The Morgan fingerprint density at radius 1 is 1.38 bits per heavy atom. The number of hydrogen-bond donors (Lipinski definition) is 1. The van der Waals surface area contributed by atoms with Gasteiger partial charge in [-0.25, -0.2) is 0 Å². The van der Waals surface area contributed by atoms with E-state index in [4.69, 9.17) is 9.15 Å². The molecule has 4 heterocycles. The molecule has 1 atom stereocenters. The molecule has 4 rings (SSSR count). The zero-order valence-electron chi connectivity index (χ0n) is 11.6. The molecule has 0 aromatic carbocycles. The van der Waals surface area contributed by atoms with E-state index in [2.05, 4.69) is 10.2 Å². The van der Waals surface area contributed by atoms with Gasteiger partial charge in [-0.2, -0.15) is 5.10 Å². The Bertz CT molecular complexity index is 622. The number of H-pyrrole nitrogens is 1. The number of furan rings is 1. The second kappa shape index (κ2) is 5.04. The smallest absolute Gasteiger partial charge is 0.271 e. The summed E-state index contributed by atoms with van der Waals surface area (Å²) in [5.41, 5.74) is 2.13. The predicted molar refractivity (Wildman–Crippen MR) is 74.6 cm³/mol. The minimum atomic E-state index is 0.0208. The Hall–Kier alpha value is -2.08. The largest absolute Gasteiger partial charge is 0.472 e. The second-order valence-electron chi connectivity index (χ2n) is 5.77. The van der Waals surface area contributed by atoms with Crippen LogP contribution in [0.5, 0.6) is 0 Å². The van der Waals surface area contributed by atoms with E-state index >= 15 is 0 Å². The fourth-order valence-corrected chi connectivity index (χ4v) is 3.06. The standard InChI is InChI=1S/C15H17N3O3/c19-15(18-6-12(7-18)10-1-3-20-8-10)14-5-13(16-17-14)11-2-4-21-9-11/h2,4-5,9-10,12H,1,3,6-8H2,(H,16,17). The van der Waals surface area contributed by atoms with Gasteiger partial charge in [0.15, 0.2) is 0 Å². The molecule has 1 N–H and O–H groups in total. The van der Waals surface area contributed by atoms with Crippen LogP contribution >= 0.6 is 0 Å². The average molecular weight is 287 g/mol. The normalized spacial score (nSPS) is 22.5. The van der Waals surface area contributed by atoms with Crippen molar-refractivity contribution in [1.29, 1.82) is 0 Å². The molecular formula is C15H17N3O3. The van der Waals surface area contributed by atoms with Crippen molar-refractivity contribution in [3.05, 3.63) is 30.4 Å². The maximum Gasteiger partial charge on any atom is 0.271 e. The Morgan fingerprint density at radius 2 is 2.29 bits per heavy atom. The van der Waals surface area contributed by atoms with E-state index < -0.39 is 0 Å². The van der Waals surface area contributed by atoms with Gasteiger partial charge < -0.3 is 14.1 Å². The maximum atomic E-state index is 12.4. The SMILES string of the molecule is O=C(c1cc(-c2ccoc2)n[nH]1)N1CC(C2CCOC2)C1. The van der Waals surface area contributed by atoms with E-state index in [9.17, 15) is 4.79 Å². The second-order valence-corrected chi connectivity index (χ2v) is 5.77. The minimum Gasteiger partial charge on any atom is -0.472 e. The van der Waals surface area contributed by atoms with Crippen molar-refractivity contribution < 1.29 is 13.9 Å². The van der Waals surface area contributed by atoms with E-state index in [0.717, 1.165) is 44.0 Å². The highest BCUT2D eigenvalue weighted by Gasteiger charge is 2.38. The van der Waals surface area contributed by atoms with E-state index in [0.29, 0.717) is 17.5 Å². The molecule has 2 aromatic heterocycles. The molecule has 0 spiro atoms. The first-order chi connectivity index (χ1) is 10.3. The van der Waals surface area contributed by atoms with Gasteiger partial charge in [0.1, 0.15) is 5.69 Å². The van der Waals surface area contributed by atoms with Crippen molar-refractivity contribution in [1.82, 2.24) is 15.1 Å². The molecule has 2 aliphatic heterocycles. The Labute approximate surface area is 122 Å². The van der Waals surface area contributed by atoms with Gasteiger partial charge in [0.2, 0.25) is 0 Å². The van der Waals surface area contributed by atoms with Gasteiger partial charge in [-0.05, 0) is 30.4 Å². The summed E-state index contributed by atoms with van der Waals surface area (Å²) in [7, 11) is 0. The van der Waals surface area contributed by atoms with Gasteiger partial charge in [-0.15, -0.1) is 0 Å². The molecule has 1 unspecified atom stereocenters. The van der Waals surface area contributed by atoms with Crippen LogP contribution in [0.25, 0.3) is 11.3 Å². The van der Waals surface area contributed by atoms with Gasteiger partial charge >= 0.3 is 0 Å². The van der Waals surface area contributed by atoms with Crippen LogP contribution in [0.4, 0.5) is 0 Å². The van der Waals surface area contributed by atoms with Crippen LogP contribution in [0.3, 0.4) is 0 Å². The number of carbonyl (C=O) groups is 1. The van der Waals surface area contributed by atoms with E-state index in [1.807, 2.05) is 11.0 Å². The van der Waals surface area contributed by atoms with Crippen LogP contribution < -0.4 is 0 Å². The lowest BCUT2D eigenvalue weighted by atomic mass is 9.85. The Morgan fingerprint density at radius 3 is 3.00 bits per heavy atom. The number of aromatic nitrogens is 2. The van der Waals surface area contributed by atoms with Gasteiger partial charge in [0.05, 0.1) is 18.2 Å². The molecule has 2 aromatic rings. The van der Waals surface area contributed by atoms with Crippen LogP contribution in [-0.2, 0) is 4.74 Å². The molecule has 21 heavy (non-hydrogen) atoms. The van der Waals surface area contributed by atoms with Gasteiger partial charge in [-0.3, -0.25) is 9.89 Å². The summed E-state index contributed by atoms with van der Waals surface area (Å²) in [4.78, 5) is 14.2. The number of ether oxygens (including phenoxy) is 1. The summed E-state index contributed by atoms with van der Waals surface area (Å²) >= 11 is 0. The molecule has 0 radical (unpaired) electrons. The summed E-state index contributed by atoms with van der Waals surface area (Å²) in [5, 5.41) is 6.98. The first kappa shape index (κ1) is 12.6. The van der Waals surface area contributed by atoms with Crippen LogP contribution in [0.2, 0.25) is 0 Å². The number of nitrogens with zero attached hydrogens (tertiary/aromatic N) is 2. The molecule has 6 nitrogen and oxygen atoms in total. The topological polar surface area (TPSA) is 71.4 Å². The van der Waals surface area contributed by atoms with Gasteiger partial charge in [0.25, 0.3) is 5.91 Å². The summed E-state index contributed by atoms with van der Waals surface area (Å²) in [5.74, 6) is 1.23. The Balaban J connectivity index is 1.40. The fourth-order valence-electron chi connectivity index (χ4n) is 3.06. The van der Waals surface area contributed by atoms with Crippen molar-refractivity contribution in [2.75, 3.05) is 26.3 Å². The number of nitrogens with one attached hydrogen (secondary N) is 1. The van der Waals surface area contributed by atoms with Crippen LogP contribution in [0.15, 0.2) is 29.1 Å². The third kappa shape index (κ3) is 2.25. The lowest BCUT2D eigenvalue weighted by Crippen LogP contribution is -2.52. The van der Waals surface area contributed by atoms with Crippen molar-refractivity contribution in [3.8, 4) is 11.3 Å². The van der Waals surface area contributed by atoms with Crippen LogP contribution in [-0.4, -0.2) is 47.3 Å². The quantitative estimate of drug-likeness (QED) is 0.934. The summed E-state index contributed by atoms with van der Waals surface area (Å²) in [6.45, 7) is 3.37. The minimum absolute atomic E-state index is 0.0208. The zero-order chi connectivity index (χ0) is 14.2. The predicted octanol–water partition coefficient (Wildman–Crippen LogP) is 1.78. The van der Waals surface area contributed by atoms with Gasteiger partial charge in [0, 0.05) is 31.9 Å². The first-order valence-electron chi connectivity index (χ1n) is 7.26. The number of amides is 1. The van der Waals surface area contributed by atoms with E-state index in [1.54, 1.807) is 18.6 Å². The number of likely N-dealkylation sites (tertiary alicyclic amines) is 1. The molecule has 1 amide bonds. The third-order valence-corrected chi connectivity index (χ3v) is 4.45. The molecule has 0 aliphatic carbocycles. The molecule has 2 aliphatic rings. The highest BCUT2D eigenvalue weighted by Crippen LogP contribution is 2.31. The monoisotopic (exact) mass is 287 g/mol. The summed E-state index contributed by atoms with van der Waals surface area (Å²) in [6, 6.07) is 3.60. The summed E-state index contributed by atoms with van der Waals surface area (Å²) in [6.07, 6.45) is 4.33. The van der Waals surface area contributed by atoms with Crippen molar-refractivity contribution in [2.45, 2.75) is 6.42 Å². The van der Waals surface area contributed by atoms with Gasteiger partial charge in [-0.1, -0.05) is 0 Å². The molecule has 0 saturated carbocycles. The number of hydrogen-bond acceptors (Lipinski definition) is 4. The zero-order valence-corrected chi connectivity index (χ0v) is 11.6. The Kier molecular flexibility index (Phi) is 3.03. The van der Waals surface area contributed by atoms with E-state index in [1.165, 1.54) is 0 Å². The highest BCUT2D eigenvalue weighted by molar-refractivity contribution is 5.93. The molecule has 2 fully saturated rings. The van der Waals surface area contributed by atoms with Crippen molar-refractivity contribution >= 4 is 5.91 Å². The number of aromatic amines is 1. The first-order valence-corrected chi connectivity index (χ1v) is 7.26. The maximum absolute atomic E-state index is 12.4. The van der Waals surface area contributed by atoms with E-state index in [-0.39, 0.29) is 5.91 Å². The fraction of sp³-hybridized carbons (Fsp3) is 0.467. The molecule has 2 saturated heterocycles. The summed E-state index contributed by atoms with van der Waals surface area (Å²) < 4.78 is 10.4. The molecule has 6 heteroatoms. The third-order valence-electron chi connectivity index (χ3n) is 4.45. The van der Waals surface area contributed by atoms with Crippen LogP contribution in [0.1, 0.15) is 16.9 Å². The number of carbonyl (C=O) groups excluding carboxylic acids is 1. The van der Waals surface area contributed by atoms with Crippen molar-refractivity contribution in [2.24, 2.45) is 11.8 Å². The van der Waals surface area contributed by atoms with Crippen molar-refractivity contribution in [3.63, 3.8) is 0 Å². The molecular weight excluding hydrogens is 270 g/mol. The van der Waals surface area contributed by atoms with Crippen LogP contribution in [0, 0.1) is 11.8 Å². The highest BCUT2D eigenvalue weighted by atomic mass is 16.5. The number of rotatable bonds is 3. The lowest BCUT2D eigenvalue weighted by molar-refractivity contribution is 0.0336. The molecule has 110 valence electrons. The average Bonchev–Trinajstić information content (AvgIpc) is 3.18.